The molecular formula is C30H33BrN2O7. The number of halogens is 1. The van der Waals surface area contributed by atoms with Gasteiger partial charge in [-0.25, -0.2) is 4.99 Å². The maximum Gasteiger partial charge on any atom is 0.253 e. The molecule has 1 aliphatic heterocycles. The molecule has 40 heavy (non-hydrogen) atoms. The van der Waals surface area contributed by atoms with Crippen molar-refractivity contribution in [1.82, 2.24) is 5.32 Å². The molecule has 212 valence electrons. The third-order valence-corrected chi connectivity index (χ3v) is 7.12. The first-order chi connectivity index (χ1) is 19.4. The molecule has 10 heteroatoms. The van der Waals surface area contributed by atoms with Crippen LogP contribution in [-0.4, -0.2) is 72.2 Å². The van der Waals surface area contributed by atoms with Crippen LogP contribution in [0.15, 0.2) is 82.3 Å². The average Bonchev–Trinajstić information content (AvgIpc) is 3.38. The summed E-state index contributed by atoms with van der Waals surface area (Å²) in [6.07, 6.45) is -0.140. The molecule has 1 amide bonds. The average molecular weight is 614 g/mol. The van der Waals surface area contributed by atoms with Crippen LogP contribution in [-0.2, 0) is 16.0 Å². The monoisotopic (exact) mass is 612 g/mol. The molecule has 0 aliphatic carbocycles. The lowest BCUT2D eigenvalue weighted by Crippen LogP contribution is -2.54. The molecule has 0 saturated heterocycles. The molecule has 0 unspecified atom stereocenters. The van der Waals surface area contributed by atoms with E-state index in [1.54, 1.807) is 43.5 Å². The molecule has 9 nitrogen and oxygen atoms in total. The maximum atomic E-state index is 14.1. The Morgan fingerprint density at radius 3 is 2.42 bits per heavy atom. The van der Waals surface area contributed by atoms with E-state index >= 15 is 0 Å². The number of amides is 1. The molecule has 0 radical (unpaired) electrons. The molecule has 3 aromatic rings. The van der Waals surface area contributed by atoms with Crippen LogP contribution < -0.4 is 14.8 Å². The summed E-state index contributed by atoms with van der Waals surface area (Å²) in [6.45, 7) is -0.436. The fourth-order valence-corrected chi connectivity index (χ4v) is 4.72. The second-order valence-corrected chi connectivity index (χ2v) is 10.3. The highest BCUT2D eigenvalue weighted by atomic mass is 79.9. The number of aliphatic hydroxyl groups excluding tert-OH is 3. The molecule has 3 aromatic carbocycles. The van der Waals surface area contributed by atoms with E-state index in [0.29, 0.717) is 35.7 Å². The Morgan fingerprint density at radius 2 is 1.77 bits per heavy atom. The lowest BCUT2D eigenvalue weighted by molar-refractivity contribution is -0.130. The Balaban J connectivity index is 1.80. The zero-order chi connectivity index (χ0) is 28.5. The van der Waals surface area contributed by atoms with Crippen LogP contribution in [0.5, 0.6) is 11.5 Å². The number of nitrogens with one attached hydrogen (secondary N) is 1. The molecule has 0 bridgehead atoms. The second-order valence-electron chi connectivity index (χ2n) is 9.40. The molecule has 0 saturated carbocycles. The minimum atomic E-state index is -1.48. The van der Waals surface area contributed by atoms with E-state index < -0.39 is 36.8 Å². The highest BCUT2D eigenvalue weighted by molar-refractivity contribution is 9.10. The van der Waals surface area contributed by atoms with Gasteiger partial charge in [-0.15, -0.1) is 0 Å². The van der Waals surface area contributed by atoms with Gasteiger partial charge in [-0.2, -0.15) is 0 Å². The fourth-order valence-electron chi connectivity index (χ4n) is 4.46. The quantitative estimate of drug-likeness (QED) is 0.218. The largest absolute Gasteiger partial charge is 0.497 e. The molecule has 4 rings (SSSR count). The minimum Gasteiger partial charge on any atom is -0.497 e. The molecule has 0 spiro atoms. The topological polar surface area (TPSA) is 130 Å². The number of benzene rings is 3. The third kappa shape index (κ3) is 6.82. The van der Waals surface area contributed by atoms with Crippen LogP contribution in [0.2, 0.25) is 0 Å². The van der Waals surface area contributed by atoms with Gasteiger partial charge in [0, 0.05) is 29.5 Å². The molecule has 1 aliphatic rings. The van der Waals surface area contributed by atoms with Crippen LogP contribution >= 0.6 is 15.9 Å². The third-order valence-electron chi connectivity index (χ3n) is 6.59. The van der Waals surface area contributed by atoms with Crippen LogP contribution in [0.4, 0.5) is 0 Å². The zero-order valence-corrected chi connectivity index (χ0v) is 23.7. The molecule has 4 N–H and O–H groups in total. The molecule has 0 aromatic heterocycles. The van der Waals surface area contributed by atoms with Crippen molar-refractivity contribution in [2.45, 2.75) is 30.5 Å². The zero-order valence-electron chi connectivity index (χ0n) is 22.1. The summed E-state index contributed by atoms with van der Waals surface area (Å²) in [5, 5.41) is 31.2. The van der Waals surface area contributed by atoms with Gasteiger partial charge in [0.2, 0.25) is 5.90 Å². The summed E-state index contributed by atoms with van der Waals surface area (Å²) in [6, 6.07) is 21.2. The van der Waals surface area contributed by atoms with E-state index in [-0.39, 0.29) is 18.9 Å². The van der Waals surface area contributed by atoms with E-state index in [0.717, 1.165) is 10.0 Å². The summed E-state index contributed by atoms with van der Waals surface area (Å²) in [5.74, 6) is 1.01. The Bertz CT molecular complexity index is 1300. The van der Waals surface area contributed by atoms with Gasteiger partial charge in [-0.05, 0) is 59.7 Å². The number of rotatable bonds is 13. The Morgan fingerprint density at radius 1 is 1.05 bits per heavy atom. The molecular weight excluding hydrogens is 580 g/mol. The number of nitrogens with zero attached hydrogens (tertiary/aromatic N) is 1. The van der Waals surface area contributed by atoms with Gasteiger partial charge in [-0.1, -0.05) is 40.2 Å². The Kier molecular flexibility index (Phi) is 10.2. The highest BCUT2D eigenvalue weighted by Crippen LogP contribution is 2.43. The number of hydrogen-bond acceptors (Lipinski definition) is 8. The van der Waals surface area contributed by atoms with Crippen LogP contribution in [0.3, 0.4) is 0 Å². The van der Waals surface area contributed by atoms with Crippen molar-refractivity contribution >= 4 is 27.7 Å². The standard InChI is InChI=1S/C30H33BrN2O7/c1-38-26-5-2-4-22(16-26)27-30(29(37)32-24(18-35)19-36,17-20-6-10-23(31)11-7-20)33-28(40-27)21-8-12-25(13-9-21)39-15-3-14-34/h2,4-13,16,24,27,34-36H,3,14-15,17-19H2,1H3,(H,32,37)/t27-,30-/m1/s1. The van der Waals surface area contributed by atoms with Gasteiger partial charge in [-0.3, -0.25) is 4.79 Å². The van der Waals surface area contributed by atoms with Gasteiger partial charge >= 0.3 is 0 Å². The SMILES string of the molecule is COc1cccc([C@H]2OC(c3ccc(OCCCO)cc3)=N[C@@]2(Cc2ccc(Br)cc2)C(=O)NC(CO)CO)c1. The van der Waals surface area contributed by atoms with E-state index in [2.05, 4.69) is 21.2 Å². The van der Waals surface area contributed by atoms with Gasteiger partial charge < -0.3 is 34.8 Å². The molecule has 2 atom stereocenters. The summed E-state index contributed by atoms with van der Waals surface area (Å²) in [7, 11) is 1.57. The van der Waals surface area contributed by atoms with Crippen molar-refractivity contribution in [2.75, 3.05) is 33.5 Å². The fraction of sp³-hybridized carbons (Fsp3) is 0.333. The summed E-state index contributed by atoms with van der Waals surface area (Å²) in [5.41, 5.74) is 0.693. The molecule has 1 heterocycles. The van der Waals surface area contributed by atoms with Gasteiger partial charge in [0.05, 0.1) is 33.0 Å². The predicted octanol–water partition coefficient (Wildman–Crippen LogP) is 3.19. The first kappa shape index (κ1) is 29.5. The van der Waals surface area contributed by atoms with Gasteiger partial charge in [0.15, 0.2) is 11.6 Å². The van der Waals surface area contributed by atoms with E-state index in [1.807, 2.05) is 36.4 Å². The minimum absolute atomic E-state index is 0.0460. The van der Waals surface area contributed by atoms with Crippen molar-refractivity contribution in [3.05, 3.63) is 94.0 Å². The lowest BCUT2D eigenvalue weighted by Gasteiger charge is -2.32. The van der Waals surface area contributed by atoms with Gasteiger partial charge in [0.1, 0.15) is 11.5 Å². The number of carbonyl (C=O) groups is 1. The van der Waals surface area contributed by atoms with Crippen LogP contribution in [0.1, 0.15) is 29.2 Å². The van der Waals surface area contributed by atoms with Crippen molar-refractivity contribution in [3.8, 4) is 11.5 Å². The summed E-state index contributed by atoms with van der Waals surface area (Å²) >= 11 is 3.46. The number of ether oxygens (including phenoxy) is 3. The lowest BCUT2D eigenvalue weighted by atomic mass is 9.81. The summed E-state index contributed by atoms with van der Waals surface area (Å²) in [4.78, 5) is 19.0. The number of hydrogen-bond donors (Lipinski definition) is 4. The van der Waals surface area contributed by atoms with Crippen molar-refractivity contribution in [1.29, 1.82) is 0 Å². The Hall–Kier alpha value is -3.44. The van der Waals surface area contributed by atoms with Crippen molar-refractivity contribution in [2.24, 2.45) is 4.99 Å². The first-order valence-corrected chi connectivity index (χ1v) is 13.7. The van der Waals surface area contributed by atoms with Crippen molar-refractivity contribution < 1.29 is 34.3 Å². The van der Waals surface area contributed by atoms with Crippen LogP contribution in [0, 0.1) is 0 Å². The van der Waals surface area contributed by atoms with E-state index in [4.69, 9.17) is 24.3 Å². The predicted molar refractivity (Wildman–Crippen MR) is 154 cm³/mol. The van der Waals surface area contributed by atoms with Crippen LogP contribution in [0.25, 0.3) is 0 Å². The smallest absolute Gasteiger partial charge is 0.253 e. The second kappa shape index (κ2) is 13.8. The van der Waals surface area contributed by atoms with Gasteiger partial charge in [0.25, 0.3) is 5.91 Å². The summed E-state index contributed by atoms with van der Waals surface area (Å²) < 4.78 is 18.5. The van der Waals surface area contributed by atoms with Crippen molar-refractivity contribution in [3.63, 3.8) is 0 Å². The number of aliphatic imine (C=N–C) groups is 1. The normalized spacial score (nSPS) is 18.2. The maximum absolute atomic E-state index is 14.1. The van der Waals surface area contributed by atoms with E-state index in [9.17, 15) is 15.0 Å². The number of methoxy groups -OCH3 is 1. The number of carbonyl (C=O) groups excluding carboxylic acids is 1. The Labute approximate surface area is 241 Å². The number of aliphatic hydroxyl groups is 3. The highest BCUT2D eigenvalue weighted by Gasteiger charge is 2.53. The first-order valence-electron chi connectivity index (χ1n) is 12.9. The van der Waals surface area contributed by atoms with E-state index in [1.165, 1.54) is 0 Å². The molecule has 0 fully saturated rings.